The van der Waals surface area contributed by atoms with Gasteiger partial charge in [-0.1, -0.05) is 6.92 Å². The molecule has 0 aliphatic carbocycles. The molecule has 0 aromatic heterocycles. The third-order valence-electron chi connectivity index (χ3n) is 3.37. The van der Waals surface area contributed by atoms with Gasteiger partial charge in [-0.3, -0.25) is 4.79 Å². The lowest BCUT2D eigenvalue weighted by Crippen LogP contribution is -2.47. The van der Waals surface area contributed by atoms with E-state index in [0.717, 1.165) is 12.3 Å². The molecule has 1 fully saturated rings. The first-order valence-electron chi connectivity index (χ1n) is 5.95. The number of hydrogen-bond donors (Lipinski definition) is 2. The highest BCUT2D eigenvalue weighted by Crippen LogP contribution is 2.28. The zero-order chi connectivity index (χ0) is 13.3. The molecule has 98 valence electrons. The summed E-state index contributed by atoms with van der Waals surface area (Å²) < 4.78 is 0. The summed E-state index contributed by atoms with van der Waals surface area (Å²) >= 11 is 1.86. The first-order valence-corrected chi connectivity index (χ1v) is 7.00. The molecule has 1 heterocycles. The Morgan fingerprint density at radius 2 is 2.06 bits per heavy atom. The molecule has 2 unspecified atom stereocenters. The van der Waals surface area contributed by atoms with Crippen LogP contribution in [0, 0.1) is 0 Å². The average Bonchev–Trinajstić information content (AvgIpc) is 2.35. The molecular formula is C13H17NO3S. The second kappa shape index (κ2) is 5.10. The van der Waals surface area contributed by atoms with Gasteiger partial charge in [0.2, 0.25) is 0 Å². The summed E-state index contributed by atoms with van der Waals surface area (Å²) in [6.45, 7) is 4.87. The van der Waals surface area contributed by atoms with Crippen LogP contribution in [-0.4, -0.2) is 44.6 Å². The van der Waals surface area contributed by atoms with Gasteiger partial charge in [0.25, 0.3) is 5.91 Å². The van der Waals surface area contributed by atoms with Crippen LogP contribution in [0.4, 0.5) is 0 Å². The SMILES string of the molecule is CC1SCCN(C(=O)c2ccc(O)c(O)c2)C1C. The fourth-order valence-electron chi connectivity index (χ4n) is 2.04. The number of carbonyl (C=O) groups excluding carboxylic acids is 1. The summed E-state index contributed by atoms with van der Waals surface area (Å²) in [5, 5.41) is 19.1. The number of phenols is 2. The van der Waals surface area contributed by atoms with E-state index < -0.39 is 0 Å². The molecule has 0 saturated carbocycles. The molecule has 2 atom stereocenters. The van der Waals surface area contributed by atoms with Crippen molar-refractivity contribution in [3.8, 4) is 11.5 Å². The largest absolute Gasteiger partial charge is 0.504 e. The lowest BCUT2D eigenvalue weighted by Gasteiger charge is -2.37. The maximum Gasteiger partial charge on any atom is 0.254 e. The normalized spacial score (nSPS) is 24.0. The molecule has 2 rings (SSSR count). The molecule has 0 spiro atoms. The Morgan fingerprint density at radius 3 is 2.72 bits per heavy atom. The maximum atomic E-state index is 12.3. The number of amides is 1. The van der Waals surface area contributed by atoms with E-state index in [1.807, 2.05) is 23.6 Å². The number of hydrogen-bond acceptors (Lipinski definition) is 4. The van der Waals surface area contributed by atoms with Crippen LogP contribution in [0.15, 0.2) is 18.2 Å². The summed E-state index contributed by atoms with van der Waals surface area (Å²) in [6.07, 6.45) is 0. The Bertz CT molecular complexity index is 464. The summed E-state index contributed by atoms with van der Waals surface area (Å²) in [6, 6.07) is 4.37. The van der Waals surface area contributed by atoms with Crippen LogP contribution >= 0.6 is 11.8 Å². The highest BCUT2D eigenvalue weighted by molar-refractivity contribution is 8.00. The van der Waals surface area contributed by atoms with E-state index in [9.17, 15) is 15.0 Å². The number of rotatable bonds is 1. The van der Waals surface area contributed by atoms with Gasteiger partial charge in [0.05, 0.1) is 0 Å². The minimum absolute atomic E-state index is 0.0926. The fourth-order valence-corrected chi connectivity index (χ4v) is 3.14. The number of nitrogens with zero attached hydrogens (tertiary/aromatic N) is 1. The van der Waals surface area contributed by atoms with Crippen molar-refractivity contribution in [1.29, 1.82) is 0 Å². The number of benzene rings is 1. The third kappa shape index (κ3) is 2.41. The second-order valence-electron chi connectivity index (χ2n) is 4.52. The molecule has 1 amide bonds. The third-order valence-corrected chi connectivity index (χ3v) is 4.71. The molecule has 1 aliphatic rings. The second-order valence-corrected chi connectivity index (χ2v) is 6.00. The molecule has 4 nitrogen and oxygen atoms in total. The number of thioether (sulfide) groups is 1. The Labute approximate surface area is 111 Å². The van der Waals surface area contributed by atoms with E-state index in [4.69, 9.17) is 0 Å². The van der Waals surface area contributed by atoms with Crippen LogP contribution in [0.1, 0.15) is 24.2 Å². The van der Waals surface area contributed by atoms with Gasteiger partial charge >= 0.3 is 0 Å². The van der Waals surface area contributed by atoms with E-state index in [1.165, 1.54) is 18.2 Å². The Hall–Kier alpha value is -1.36. The van der Waals surface area contributed by atoms with E-state index in [-0.39, 0.29) is 23.4 Å². The van der Waals surface area contributed by atoms with Crippen LogP contribution in [0.25, 0.3) is 0 Å². The molecule has 1 saturated heterocycles. The van der Waals surface area contributed by atoms with Crippen LogP contribution < -0.4 is 0 Å². The summed E-state index contributed by atoms with van der Waals surface area (Å²) in [4.78, 5) is 14.2. The van der Waals surface area contributed by atoms with Crippen molar-refractivity contribution in [2.24, 2.45) is 0 Å². The van der Waals surface area contributed by atoms with Crippen molar-refractivity contribution in [1.82, 2.24) is 4.90 Å². The van der Waals surface area contributed by atoms with Crippen molar-refractivity contribution in [2.75, 3.05) is 12.3 Å². The molecule has 2 N–H and O–H groups in total. The number of carbonyl (C=O) groups is 1. The summed E-state index contributed by atoms with van der Waals surface area (Å²) in [5.74, 6) is 0.376. The highest BCUT2D eigenvalue weighted by Gasteiger charge is 2.29. The standard InChI is InChI=1S/C13H17NO3S/c1-8-9(2)18-6-5-14(8)13(17)10-3-4-11(15)12(16)7-10/h3-4,7-9,15-16H,5-6H2,1-2H3. The molecule has 0 radical (unpaired) electrons. The first kappa shape index (κ1) is 13.1. The molecular weight excluding hydrogens is 250 g/mol. The molecule has 1 aromatic carbocycles. The minimum atomic E-state index is -0.257. The predicted molar refractivity (Wildman–Crippen MR) is 72.2 cm³/mol. The molecule has 1 aliphatic heterocycles. The van der Waals surface area contributed by atoms with Gasteiger partial charge in [0, 0.05) is 29.2 Å². The van der Waals surface area contributed by atoms with E-state index in [1.54, 1.807) is 0 Å². The van der Waals surface area contributed by atoms with E-state index >= 15 is 0 Å². The van der Waals surface area contributed by atoms with Crippen molar-refractivity contribution >= 4 is 17.7 Å². The van der Waals surface area contributed by atoms with Crippen LogP contribution in [0.5, 0.6) is 11.5 Å². The van der Waals surface area contributed by atoms with Gasteiger partial charge in [-0.25, -0.2) is 0 Å². The monoisotopic (exact) mass is 267 g/mol. The topological polar surface area (TPSA) is 60.8 Å². The Balaban J connectivity index is 2.22. The van der Waals surface area contributed by atoms with E-state index in [0.29, 0.717) is 10.8 Å². The fraction of sp³-hybridized carbons (Fsp3) is 0.462. The summed E-state index contributed by atoms with van der Waals surface area (Å²) in [7, 11) is 0. The Kier molecular flexibility index (Phi) is 3.71. The van der Waals surface area contributed by atoms with Crippen LogP contribution in [0.3, 0.4) is 0 Å². The number of aromatic hydroxyl groups is 2. The molecule has 18 heavy (non-hydrogen) atoms. The van der Waals surface area contributed by atoms with Crippen LogP contribution in [-0.2, 0) is 0 Å². The first-order chi connectivity index (χ1) is 8.50. The van der Waals surface area contributed by atoms with Crippen molar-refractivity contribution < 1.29 is 15.0 Å². The zero-order valence-electron chi connectivity index (χ0n) is 10.5. The molecule has 1 aromatic rings. The van der Waals surface area contributed by atoms with E-state index in [2.05, 4.69) is 6.92 Å². The minimum Gasteiger partial charge on any atom is -0.504 e. The average molecular weight is 267 g/mol. The van der Waals surface area contributed by atoms with Gasteiger partial charge < -0.3 is 15.1 Å². The highest BCUT2D eigenvalue weighted by atomic mass is 32.2. The maximum absolute atomic E-state index is 12.3. The molecule has 5 heteroatoms. The lowest BCUT2D eigenvalue weighted by atomic mass is 10.1. The molecule has 0 bridgehead atoms. The quantitative estimate of drug-likeness (QED) is 0.765. The number of phenolic OH excluding ortho intramolecular Hbond substituents is 2. The zero-order valence-corrected chi connectivity index (χ0v) is 11.3. The van der Waals surface area contributed by atoms with Gasteiger partial charge in [0.15, 0.2) is 11.5 Å². The lowest BCUT2D eigenvalue weighted by molar-refractivity contribution is 0.0697. The van der Waals surface area contributed by atoms with Gasteiger partial charge in [-0.15, -0.1) is 0 Å². The van der Waals surface area contributed by atoms with Gasteiger partial charge in [-0.05, 0) is 25.1 Å². The van der Waals surface area contributed by atoms with Crippen molar-refractivity contribution in [2.45, 2.75) is 25.1 Å². The van der Waals surface area contributed by atoms with Gasteiger partial charge in [0.1, 0.15) is 0 Å². The van der Waals surface area contributed by atoms with Crippen molar-refractivity contribution in [3.63, 3.8) is 0 Å². The Morgan fingerprint density at radius 1 is 1.33 bits per heavy atom. The predicted octanol–water partition coefficient (Wildman–Crippen LogP) is 2.06. The van der Waals surface area contributed by atoms with Crippen molar-refractivity contribution in [3.05, 3.63) is 23.8 Å². The summed E-state index contributed by atoms with van der Waals surface area (Å²) in [5.41, 5.74) is 0.413. The van der Waals surface area contributed by atoms with Gasteiger partial charge in [-0.2, -0.15) is 11.8 Å². The van der Waals surface area contributed by atoms with Crippen LogP contribution in [0.2, 0.25) is 0 Å². The smallest absolute Gasteiger partial charge is 0.254 e.